The third-order valence-corrected chi connectivity index (χ3v) is 4.40. The molecule has 1 N–H and O–H groups in total. The summed E-state index contributed by atoms with van der Waals surface area (Å²) in [4.78, 5) is 4.26. The van der Waals surface area contributed by atoms with Gasteiger partial charge in [0.15, 0.2) is 0 Å². The van der Waals surface area contributed by atoms with Gasteiger partial charge in [0, 0.05) is 25.4 Å². The van der Waals surface area contributed by atoms with Crippen LogP contribution in [0.15, 0.2) is 12.5 Å². The van der Waals surface area contributed by atoms with E-state index in [0.29, 0.717) is 6.10 Å². The highest BCUT2D eigenvalue weighted by atomic mass is 16.5. The second-order valence-corrected chi connectivity index (χ2v) is 6.18. The standard InChI is InChI=1S/C16H27N3O/c1-2-5-16(6-3-1)20-10-4-9-17-11-15-12-18-13-19(15)14-7-8-14/h12-14,16-17H,1-11H2. The molecule has 112 valence electrons. The fourth-order valence-corrected chi connectivity index (χ4v) is 3.05. The third-order valence-electron chi connectivity index (χ3n) is 4.40. The van der Waals surface area contributed by atoms with Crippen LogP contribution in [0.2, 0.25) is 0 Å². The first-order chi connectivity index (χ1) is 9.93. The van der Waals surface area contributed by atoms with E-state index in [9.17, 15) is 0 Å². The fraction of sp³-hybridized carbons (Fsp3) is 0.812. The molecule has 1 heterocycles. The summed E-state index contributed by atoms with van der Waals surface area (Å²) in [5.74, 6) is 0. The van der Waals surface area contributed by atoms with Crippen LogP contribution >= 0.6 is 0 Å². The molecule has 1 aromatic heterocycles. The van der Waals surface area contributed by atoms with Crippen molar-refractivity contribution in [1.82, 2.24) is 14.9 Å². The van der Waals surface area contributed by atoms with E-state index in [1.54, 1.807) is 0 Å². The Morgan fingerprint density at radius 1 is 1.20 bits per heavy atom. The van der Waals surface area contributed by atoms with Crippen LogP contribution in [0.3, 0.4) is 0 Å². The van der Waals surface area contributed by atoms with E-state index in [1.165, 1.54) is 50.6 Å². The molecule has 2 fully saturated rings. The first kappa shape index (κ1) is 14.1. The van der Waals surface area contributed by atoms with Gasteiger partial charge in [-0.2, -0.15) is 0 Å². The van der Waals surface area contributed by atoms with Crippen molar-refractivity contribution in [1.29, 1.82) is 0 Å². The summed E-state index contributed by atoms with van der Waals surface area (Å²) in [7, 11) is 0. The van der Waals surface area contributed by atoms with E-state index in [2.05, 4.69) is 14.9 Å². The molecule has 1 aromatic rings. The molecule has 2 aliphatic rings. The van der Waals surface area contributed by atoms with Crippen molar-refractivity contribution in [2.75, 3.05) is 13.2 Å². The maximum absolute atomic E-state index is 5.93. The Balaban J connectivity index is 1.25. The Hall–Kier alpha value is -0.870. The Labute approximate surface area is 121 Å². The topological polar surface area (TPSA) is 39.1 Å². The molecule has 4 nitrogen and oxygen atoms in total. The minimum absolute atomic E-state index is 0.542. The zero-order valence-electron chi connectivity index (χ0n) is 12.4. The van der Waals surface area contributed by atoms with Crippen molar-refractivity contribution >= 4 is 0 Å². The molecular formula is C16H27N3O. The molecule has 0 radical (unpaired) electrons. The number of aromatic nitrogens is 2. The largest absolute Gasteiger partial charge is 0.378 e. The van der Waals surface area contributed by atoms with Crippen LogP contribution in [-0.2, 0) is 11.3 Å². The lowest BCUT2D eigenvalue weighted by molar-refractivity contribution is 0.0273. The Kier molecular flexibility index (Phi) is 5.09. The predicted octanol–water partition coefficient (Wildman–Crippen LogP) is 3.05. The molecule has 0 atom stereocenters. The minimum atomic E-state index is 0.542. The highest BCUT2D eigenvalue weighted by Gasteiger charge is 2.24. The monoisotopic (exact) mass is 277 g/mol. The van der Waals surface area contributed by atoms with Gasteiger partial charge in [-0.25, -0.2) is 4.98 Å². The molecule has 0 amide bonds. The summed E-state index contributed by atoms with van der Waals surface area (Å²) in [5.41, 5.74) is 1.32. The van der Waals surface area contributed by atoms with Crippen LogP contribution in [0.4, 0.5) is 0 Å². The van der Waals surface area contributed by atoms with E-state index in [4.69, 9.17) is 4.74 Å². The first-order valence-electron chi connectivity index (χ1n) is 8.26. The first-order valence-corrected chi connectivity index (χ1v) is 8.26. The summed E-state index contributed by atoms with van der Waals surface area (Å²) < 4.78 is 8.26. The molecule has 3 rings (SSSR count). The van der Waals surface area contributed by atoms with Gasteiger partial charge in [0.2, 0.25) is 0 Å². The lowest BCUT2D eigenvalue weighted by Gasteiger charge is -2.21. The van der Waals surface area contributed by atoms with Crippen LogP contribution in [-0.4, -0.2) is 28.8 Å². The maximum Gasteiger partial charge on any atom is 0.0951 e. The number of ether oxygens (including phenoxy) is 1. The molecule has 2 saturated carbocycles. The van der Waals surface area contributed by atoms with E-state index < -0.39 is 0 Å². The van der Waals surface area contributed by atoms with E-state index in [1.807, 2.05) is 12.5 Å². The molecule has 0 saturated heterocycles. The SMILES string of the molecule is c1ncn(C2CC2)c1CNCCCOC1CCCCC1. The molecule has 0 aliphatic heterocycles. The molecule has 20 heavy (non-hydrogen) atoms. The Morgan fingerprint density at radius 3 is 2.85 bits per heavy atom. The van der Waals surface area contributed by atoms with Crippen molar-refractivity contribution in [3.63, 3.8) is 0 Å². The third kappa shape index (κ3) is 4.06. The quantitative estimate of drug-likeness (QED) is 0.742. The van der Waals surface area contributed by atoms with Gasteiger partial charge in [0.25, 0.3) is 0 Å². The normalized spacial score (nSPS) is 20.4. The average Bonchev–Trinajstić information content (AvgIpc) is 3.23. The van der Waals surface area contributed by atoms with Gasteiger partial charge in [-0.05, 0) is 38.6 Å². The van der Waals surface area contributed by atoms with Gasteiger partial charge < -0.3 is 14.6 Å². The second kappa shape index (κ2) is 7.23. The van der Waals surface area contributed by atoms with Crippen LogP contribution in [0.1, 0.15) is 63.1 Å². The highest BCUT2D eigenvalue weighted by molar-refractivity contribution is 5.03. The predicted molar refractivity (Wildman–Crippen MR) is 79.6 cm³/mol. The molecule has 0 spiro atoms. The van der Waals surface area contributed by atoms with Gasteiger partial charge in [-0.3, -0.25) is 0 Å². The van der Waals surface area contributed by atoms with Crippen LogP contribution < -0.4 is 5.32 Å². The van der Waals surface area contributed by atoms with Crippen molar-refractivity contribution in [3.05, 3.63) is 18.2 Å². The zero-order valence-corrected chi connectivity index (χ0v) is 12.4. The summed E-state index contributed by atoms with van der Waals surface area (Å²) in [6, 6.07) is 0.726. The number of hydrogen-bond donors (Lipinski definition) is 1. The molecular weight excluding hydrogens is 250 g/mol. The van der Waals surface area contributed by atoms with E-state index in [-0.39, 0.29) is 0 Å². The number of hydrogen-bond acceptors (Lipinski definition) is 3. The lowest BCUT2D eigenvalue weighted by Crippen LogP contribution is -2.21. The molecule has 0 bridgehead atoms. The molecule has 0 aromatic carbocycles. The molecule has 2 aliphatic carbocycles. The minimum Gasteiger partial charge on any atom is -0.378 e. The zero-order chi connectivity index (χ0) is 13.6. The van der Waals surface area contributed by atoms with Gasteiger partial charge >= 0.3 is 0 Å². The summed E-state index contributed by atoms with van der Waals surface area (Å²) in [6.45, 7) is 2.86. The van der Waals surface area contributed by atoms with Gasteiger partial charge in [-0.1, -0.05) is 19.3 Å². The van der Waals surface area contributed by atoms with Crippen molar-refractivity contribution in [2.45, 2.75) is 70.1 Å². The number of nitrogens with zero attached hydrogens (tertiary/aromatic N) is 2. The summed E-state index contributed by atoms with van der Waals surface area (Å²) in [5, 5.41) is 3.51. The smallest absolute Gasteiger partial charge is 0.0951 e. The highest BCUT2D eigenvalue weighted by Crippen LogP contribution is 2.35. The summed E-state index contributed by atoms with van der Waals surface area (Å²) >= 11 is 0. The van der Waals surface area contributed by atoms with Crippen LogP contribution in [0.5, 0.6) is 0 Å². The summed E-state index contributed by atoms with van der Waals surface area (Å²) in [6.07, 6.45) is 14.9. The van der Waals surface area contributed by atoms with Crippen LogP contribution in [0.25, 0.3) is 0 Å². The van der Waals surface area contributed by atoms with Gasteiger partial charge in [0.1, 0.15) is 0 Å². The van der Waals surface area contributed by atoms with E-state index >= 15 is 0 Å². The molecule has 4 heteroatoms. The Bertz CT molecular complexity index is 394. The number of rotatable bonds is 8. The van der Waals surface area contributed by atoms with Crippen molar-refractivity contribution in [2.24, 2.45) is 0 Å². The average molecular weight is 277 g/mol. The second-order valence-electron chi connectivity index (χ2n) is 6.18. The van der Waals surface area contributed by atoms with Crippen molar-refractivity contribution in [3.8, 4) is 0 Å². The Morgan fingerprint density at radius 2 is 2.05 bits per heavy atom. The lowest BCUT2D eigenvalue weighted by atomic mass is 9.98. The number of imidazole rings is 1. The van der Waals surface area contributed by atoms with Crippen molar-refractivity contribution < 1.29 is 4.74 Å². The van der Waals surface area contributed by atoms with Crippen LogP contribution in [0, 0.1) is 0 Å². The van der Waals surface area contributed by atoms with Gasteiger partial charge in [-0.15, -0.1) is 0 Å². The maximum atomic E-state index is 5.93. The fourth-order valence-electron chi connectivity index (χ4n) is 3.05. The number of nitrogens with one attached hydrogen (secondary N) is 1. The van der Waals surface area contributed by atoms with Gasteiger partial charge in [0.05, 0.1) is 18.1 Å². The molecule has 0 unspecified atom stereocenters. The van der Waals surface area contributed by atoms with E-state index in [0.717, 1.165) is 32.2 Å².